The molecule has 2 aliphatic carbocycles. The second kappa shape index (κ2) is 11.7. The van der Waals surface area contributed by atoms with Crippen molar-refractivity contribution < 1.29 is 24.3 Å². The number of phenolic OH excluding ortho intramolecular Hbond substituents is 1. The molecule has 3 aromatic rings. The van der Waals surface area contributed by atoms with Crippen molar-refractivity contribution in [2.24, 2.45) is 17.8 Å². The molecule has 0 aromatic heterocycles. The summed E-state index contributed by atoms with van der Waals surface area (Å²) in [7, 11) is 0. The summed E-state index contributed by atoms with van der Waals surface area (Å²) in [6.45, 7) is 2.34. The second-order valence-corrected chi connectivity index (χ2v) is 15.5. The minimum absolute atomic E-state index is 0.0592. The lowest BCUT2D eigenvalue weighted by Crippen LogP contribution is -2.60. The van der Waals surface area contributed by atoms with Gasteiger partial charge in [0.25, 0.3) is 11.8 Å². The smallest absolute Gasteiger partial charge is 0.254 e. The highest BCUT2D eigenvalue weighted by Gasteiger charge is 2.76. The Hall–Kier alpha value is -3.24. The van der Waals surface area contributed by atoms with Gasteiger partial charge in [0.2, 0.25) is 11.8 Å². The first-order valence-corrected chi connectivity index (χ1v) is 18.3. The van der Waals surface area contributed by atoms with Crippen LogP contribution < -0.4 is 0 Å². The molecule has 48 heavy (non-hydrogen) atoms. The van der Waals surface area contributed by atoms with E-state index in [9.17, 15) is 24.3 Å². The fourth-order valence-electron chi connectivity index (χ4n) is 9.16. The molecule has 0 spiro atoms. The number of carbonyl (C=O) groups excluding carboxylic acids is 4. The molecule has 1 saturated carbocycles. The van der Waals surface area contributed by atoms with E-state index in [1.165, 1.54) is 10.5 Å². The van der Waals surface area contributed by atoms with Crippen molar-refractivity contribution in [3.63, 3.8) is 0 Å². The van der Waals surface area contributed by atoms with Crippen molar-refractivity contribution in [2.75, 3.05) is 18.5 Å². The van der Waals surface area contributed by atoms with E-state index in [0.717, 1.165) is 29.9 Å². The van der Waals surface area contributed by atoms with E-state index in [1.54, 1.807) is 12.1 Å². The summed E-state index contributed by atoms with van der Waals surface area (Å²) < 4.78 is 0. The lowest BCUT2D eigenvalue weighted by molar-refractivity contribution is -0.144. The van der Waals surface area contributed by atoms with Crippen LogP contribution in [0, 0.1) is 17.8 Å². The highest BCUT2D eigenvalue weighted by atomic mass is 79.9. The van der Waals surface area contributed by atoms with E-state index in [0.29, 0.717) is 35.8 Å². The number of phenols is 1. The molecule has 248 valence electrons. The van der Waals surface area contributed by atoms with Gasteiger partial charge in [-0.15, -0.1) is 23.2 Å². The number of alkyl halides is 3. The van der Waals surface area contributed by atoms with Gasteiger partial charge in [0.15, 0.2) is 9.75 Å². The van der Waals surface area contributed by atoms with Gasteiger partial charge in [0.05, 0.1) is 17.3 Å². The number of imide groups is 2. The van der Waals surface area contributed by atoms with Crippen LogP contribution in [-0.2, 0) is 25.7 Å². The molecule has 3 aromatic carbocycles. The number of nitrogens with zero attached hydrogens (tertiary/aromatic N) is 3. The van der Waals surface area contributed by atoms with Gasteiger partial charge >= 0.3 is 0 Å². The van der Waals surface area contributed by atoms with Crippen LogP contribution in [0.4, 0.5) is 0 Å². The topological polar surface area (TPSA) is 98.2 Å². The Labute approximate surface area is 296 Å². The minimum atomic E-state index is -1.97. The summed E-state index contributed by atoms with van der Waals surface area (Å²) in [4.78, 5) is 57.6. The molecule has 6 atom stereocenters. The number of likely N-dealkylation sites (tertiary alicyclic amines) is 3. The quantitative estimate of drug-likeness (QED) is 0.151. The van der Waals surface area contributed by atoms with Gasteiger partial charge in [-0.1, -0.05) is 94.3 Å². The number of hydrogen-bond acceptors (Lipinski definition) is 6. The summed E-state index contributed by atoms with van der Waals surface area (Å²) >= 11 is 18.0. The van der Waals surface area contributed by atoms with Crippen molar-refractivity contribution >= 4 is 73.5 Å². The lowest BCUT2D eigenvalue weighted by Gasteiger charge is -2.50. The van der Waals surface area contributed by atoms with Gasteiger partial charge in [-0.2, -0.15) is 0 Å². The molecule has 3 saturated heterocycles. The number of halogens is 3. The van der Waals surface area contributed by atoms with Gasteiger partial charge in [-0.3, -0.25) is 33.9 Å². The van der Waals surface area contributed by atoms with Crippen LogP contribution in [0.2, 0.25) is 0 Å². The number of hydrogen-bond donors (Lipinski definition) is 1. The van der Waals surface area contributed by atoms with Crippen LogP contribution in [0.1, 0.15) is 42.7 Å². The average molecular weight is 752 g/mol. The fraction of sp³-hybridized carbons (Fsp3) is 0.405. The summed E-state index contributed by atoms with van der Waals surface area (Å²) in [6, 6.07) is 20.9. The highest BCUT2D eigenvalue weighted by Crippen LogP contribution is 2.66. The molecule has 8 rings (SSSR count). The number of aromatic hydroxyl groups is 1. The molecule has 11 heteroatoms. The Bertz CT molecular complexity index is 1900. The molecule has 3 aliphatic heterocycles. The van der Waals surface area contributed by atoms with Crippen LogP contribution in [-0.4, -0.2) is 77.8 Å². The largest absolute Gasteiger partial charge is 0.507 e. The molecule has 1 N–H and O–H groups in total. The first kappa shape index (κ1) is 32.0. The van der Waals surface area contributed by atoms with Crippen LogP contribution in [0.25, 0.3) is 10.8 Å². The normalized spacial score (nSPS) is 32.4. The predicted molar refractivity (Wildman–Crippen MR) is 186 cm³/mol. The van der Waals surface area contributed by atoms with Gasteiger partial charge in [0, 0.05) is 42.5 Å². The SMILES string of the molecule is O=C1C2CC=C3C(CC4(Cl)C(=O)N(CBr)C(=O)C4(Cl)C3c3ccc4ccccc4c3O)C2C(=O)N1C1CCN(Cc2ccccc2)CC1. The van der Waals surface area contributed by atoms with Gasteiger partial charge in [-0.05, 0) is 42.6 Å². The number of piperidine rings is 1. The zero-order valence-corrected chi connectivity index (χ0v) is 29.1. The predicted octanol–water partition coefficient (Wildman–Crippen LogP) is 5.92. The highest BCUT2D eigenvalue weighted by molar-refractivity contribution is 9.09. The number of benzene rings is 3. The van der Waals surface area contributed by atoms with Crippen molar-refractivity contribution in [1.29, 1.82) is 0 Å². The number of carbonyl (C=O) groups is 4. The lowest BCUT2D eigenvalue weighted by atomic mass is 9.56. The Morgan fingerprint density at radius 1 is 0.854 bits per heavy atom. The molecular formula is C37H34BrCl2N3O5. The monoisotopic (exact) mass is 749 g/mol. The molecule has 5 aliphatic rings. The number of fused-ring (bicyclic) bond motifs is 5. The van der Waals surface area contributed by atoms with Crippen molar-refractivity contribution in [3.05, 3.63) is 89.5 Å². The second-order valence-electron chi connectivity index (χ2n) is 13.8. The fourth-order valence-corrected chi connectivity index (χ4v) is 10.6. The van der Waals surface area contributed by atoms with E-state index < -0.39 is 45.2 Å². The van der Waals surface area contributed by atoms with Crippen LogP contribution in [0.3, 0.4) is 0 Å². The van der Waals surface area contributed by atoms with E-state index >= 15 is 0 Å². The Morgan fingerprint density at radius 3 is 2.29 bits per heavy atom. The van der Waals surface area contributed by atoms with Gasteiger partial charge in [-0.25, -0.2) is 0 Å². The third-order valence-corrected chi connectivity index (χ3v) is 13.4. The van der Waals surface area contributed by atoms with E-state index in [-0.39, 0.29) is 35.5 Å². The molecule has 0 radical (unpaired) electrons. The maximum Gasteiger partial charge on any atom is 0.254 e. The molecule has 0 bridgehead atoms. The van der Waals surface area contributed by atoms with Crippen molar-refractivity contribution in [3.8, 4) is 5.75 Å². The number of allylic oxidation sites excluding steroid dienone is 2. The third kappa shape index (κ3) is 4.43. The maximum absolute atomic E-state index is 14.5. The summed E-state index contributed by atoms with van der Waals surface area (Å²) in [5.74, 6) is -4.78. The molecule has 4 amide bonds. The average Bonchev–Trinajstić information content (AvgIpc) is 3.43. The number of rotatable bonds is 5. The molecule has 6 unspecified atom stereocenters. The molecule has 3 heterocycles. The Kier molecular flexibility index (Phi) is 7.79. The van der Waals surface area contributed by atoms with Crippen LogP contribution in [0.5, 0.6) is 5.75 Å². The van der Waals surface area contributed by atoms with Crippen molar-refractivity contribution in [2.45, 2.75) is 53.9 Å². The van der Waals surface area contributed by atoms with Gasteiger partial charge < -0.3 is 5.11 Å². The van der Waals surface area contributed by atoms with Crippen LogP contribution in [0.15, 0.2) is 78.4 Å². The minimum Gasteiger partial charge on any atom is -0.507 e. The van der Waals surface area contributed by atoms with E-state index in [1.807, 2.05) is 48.5 Å². The maximum atomic E-state index is 14.5. The summed E-state index contributed by atoms with van der Waals surface area (Å²) in [6.07, 6.45) is 3.49. The van der Waals surface area contributed by atoms with Crippen molar-refractivity contribution in [1.82, 2.24) is 14.7 Å². The Balaban J connectivity index is 1.16. The zero-order chi connectivity index (χ0) is 33.5. The van der Waals surface area contributed by atoms with E-state index in [2.05, 4.69) is 33.0 Å². The summed E-state index contributed by atoms with van der Waals surface area (Å²) in [5, 5.41) is 13.1. The van der Waals surface area contributed by atoms with E-state index in [4.69, 9.17) is 23.2 Å². The van der Waals surface area contributed by atoms with Gasteiger partial charge in [0.1, 0.15) is 5.75 Å². The number of amides is 4. The molecular weight excluding hydrogens is 717 g/mol. The third-order valence-electron chi connectivity index (χ3n) is 11.5. The molecule has 4 fully saturated rings. The van der Waals surface area contributed by atoms with Crippen LogP contribution >= 0.6 is 39.1 Å². The first-order chi connectivity index (χ1) is 23.1. The zero-order valence-electron chi connectivity index (χ0n) is 26.0. The summed E-state index contributed by atoms with van der Waals surface area (Å²) in [5.41, 5.74) is 2.15. The first-order valence-electron chi connectivity index (χ1n) is 16.4. The Morgan fingerprint density at radius 2 is 1.56 bits per heavy atom. The standard InChI is InChI=1S/C37H34BrCl2N3O5/c38-20-42-34(47)36(39)18-28-25(30(37(36,40)35(42)48)27-11-10-22-8-4-5-9-24(22)31(27)44)12-13-26-29(28)33(46)43(32(26)45)23-14-16-41(17-15-23)19-21-6-2-1-3-7-21/h1-12,23,26,28-30,44H,13-20H2. The molecule has 8 nitrogen and oxygen atoms in total.